The summed E-state index contributed by atoms with van der Waals surface area (Å²) in [6.45, 7) is 3.08. The number of rotatable bonds is 8. The Morgan fingerprint density at radius 1 is 0.870 bits per heavy atom. The van der Waals surface area contributed by atoms with Gasteiger partial charge in [-0.15, -0.1) is 0 Å². The van der Waals surface area contributed by atoms with Gasteiger partial charge in [-0.25, -0.2) is 0 Å². The van der Waals surface area contributed by atoms with Crippen molar-refractivity contribution >= 4 is 23.1 Å². The average Bonchev–Trinajstić information content (AvgIpc) is 2.59. The summed E-state index contributed by atoms with van der Waals surface area (Å²) in [5.74, 6) is 0. The second kappa shape index (κ2) is 8.36. The zero-order valence-corrected chi connectivity index (χ0v) is 13.9. The van der Waals surface area contributed by atoms with Gasteiger partial charge in [0, 0.05) is 16.3 Å². The number of ether oxygens (including phenoxy) is 2. The van der Waals surface area contributed by atoms with E-state index in [-0.39, 0.29) is 0 Å². The number of nitrogens with one attached hydrogen (secondary N) is 1. The molecule has 1 aliphatic heterocycles. The molecule has 0 bridgehead atoms. The zero-order chi connectivity index (χ0) is 15.9. The van der Waals surface area contributed by atoms with Crippen LogP contribution in [0.15, 0.2) is 52.3 Å². The van der Waals surface area contributed by atoms with Crippen LogP contribution in [0.3, 0.4) is 0 Å². The van der Waals surface area contributed by atoms with Gasteiger partial charge in [-0.2, -0.15) is 0 Å². The molecule has 4 nitrogen and oxygen atoms in total. The van der Waals surface area contributed by atoms with Crippen molar-refractivity contribution in [2.75, 3.05) is 38.3 Å². The van der Waals surface area contributed by atoms with E-state index in [2.05, 4.69) is 47.8 Å². The van der Waals surface area contributed by atoms with Crippen molar-refractivity contribution in [3.05, 3.63) is 48.0 Å². The minimum Gasteiger partial charge on any atom is -0.379 e. The molecule has 0 radical (unpaired) electrons. The van der Waals surface area contributed by atoms with Gasteiger partial charge in [-0.05, 0) is 36.2 Å². The largest absolute Gasteiger partial charge is 0.379 e. The molecule has 23 heavy (non-hydrogen) atoms. The Balaban J connectivity index is 1.50. The number of hydrogen-bond acceptors (Lipinski definition) is 5. The highest BCUT2D eigenvalue weighted by Crippen LogP contribution is 2.44. The highest BCUT2D eigenvalue weighted by molar-refractivity contribution is 7.99. The summed E-state index contributed by atoms with van der Waals surface area (Å²) in [4.78, 5) is 2.54. The van der Waals surface area contributed by atoms with Crippen LogP contribution in [0.1, 0.15) is 5.56 Å². The molecule has 0 amide bonds. The van der Waals surface area contributed by atoms with Gasteiger partial charge in [0.05, 0.1) is 37.8 Å². The van der Waals surface area contributed by atoms with Gasteiger partial charge < -0.3 is 20.5 Å². The smallest absolute Gasteiger partial charge is 0.0701 e. The number of para-hydroxylation sites is 1. The van der Waals surface area contributed by atoms with E-state index in [0.717, 1.165) is 6.42 Å². The normalized spacial score (nSPS) is 12.4. The third-order valence-corrected chi connectivity index (χ3v) is 4.74. The highest BCUT2D eigenvalue weighted by Gasteiger charge is 2.15. The molecule has 2 aromatic rings. The maximum Gasteiger partial charge on any atom is 0.0701 e. The summed E-state index contributed by atoms with van der Waals surface area (Å²) < 4.78 is 10.9. The Labute approximate surface area is 141 Å². The molecule has 5 heteroatoms. The standard InChI is InChI=1S/C18H22N2O2S/c19-8-10-22-12-11-21-9-7-14-5-6-18-16(13-14)20-15-3-1-2-4-17(15)23-18/h1-6,13,20H,7-12,19H2. The third-order valence-electron chi connectivity index (χ3n) is 3.59. The molecular formula is C18H22N2O2S. The van der Waals surface area contributed by atoms with Gasteiger partial charge in [0.1, 0.15) is 0 Å². The summed E-state index contributed by atoms with van der Waals surface area (Å²) in [7, 11) is 0. The minimum absolute atomic E-state index is 0.559. The van der Waals surface area contributed by atoms with Crippen LogP contribution in [-0.4, -0.2) is 33.0 Å². The van der Waals surface area contributed by atoms with E-state index in [1.807, 2.05) is 11.8 Å². The maximum absolute atomic E-state index is 5.59. The SMILES string of the molecule is NCCOCCOCCc1ccc2c(c1)Nc1ccccc1S2. The van der Waals surface area contributed by atoms with Crippen LogP contribution in [0.4, 0.5) is 11.4 Å². The van der Waals surface area contributed by atoms with Crippen molar-refractivity contribution in [3.63, 3.8) is 0 Å². The number of nitrogens with two attached hydrogens (primary N) is 1. The van der Waals surface area contributed by atoms with Crippen LogP contribution in [0.25, 0.3) is 0 Å². The van der Waals surface area contributed by atoms with Gasteiger partial charge in [0.25, 0.3) is 0 Å². The predicted octanol–water partition coefficient (Wildman–Crippen LogP) is 3.43. The Kier molecular flexibility index (Phi) is 5.93. The van der Waals surface area contributed by atoms with Crippen molar-refractivity contribution in [2.45, 2.75) is 16.2 Å². The molecular weight excluding hydrogens is 308 g/mol. The van der Waals surface area contributed by atoms with Crippen LogP contribution in [0, 0.1) is 0 Å². The fourth-order valence-electron chi connectivity index (χ4n) is 2.44. The predicted molar refractivity (Wildman–Crippen MR) is 94.7 cm³/mol. The van der Waals surface area contributed by atoms with Gasteiger partial charge in [0.15, 0.2) is 0 Å². The molecule has 3 rings (SSSR count). The van der Waals surface area contributed by atoms with Crippen molar-refractivity contribution < 1.29 is 9.47 Å². The van der Waals surface area contributed by atoms with E-state index in [4.69, 9.17) is 15.2 Å². The molecule has 0 atom stereocenters. The monoisotopic (exact) mass is 330 g/mol. The molecule has 0 unspecified atom stereocenters. The zero-order valence-electron chi connectivity index (χ0n) is 13.1. The van der Waals surface area contributed by atoms with Crippen LogP contribution < -0.4 is 11.1 Å². The average molecular weight is 330 g/mol. The Bertz CT molecular complexity index is 649. The topological polar surface area (TPSA) is 56.5 Å². The third kappa shape index (κ3) is 4.48. The lowest BCUT2D eigenvalue weighted by Gasteiger charge is -2.21. The van der Waals surface area contributed by atoms with E-state index >= 15 is 0 Å². The first kappa shape index (κ1) is 16.3. The molecule has 0 saturated heterocycles. The first-order chi connectivity index (χ1) is 11.4. The van der Waals surface area contributed by atoms with Crippen molar-refractivity contribution in [1.29, 1.82) is 0 Å². The van der Waals surface area contributed by atoms with Gasteiger partial charge >= 0.3 is 0 Å². The van der Waals surface area contributed by atoms with E-state index in [1.165, 1.54) is 26.7 Å². The first-order valence-corrected chi connectivity index (χ1v) is 8.71. The molecule has 2 aromatic carbocycles. The van der Waals surface area contributed by atoms with Crippen LogP contribution >= 0.6 is 11.8 Å². The Morgan fingerprint density at radius 3 is 2.52 bits per heavy atom. The minimum atomic E-state index is 0.559. The van der Waals surface area contributed by atoms with E-state index in [9.17, 15) is 0 Å². The molecule has 1 aliphatic rings. The Morgan fingerprint density at radius 2 is 1.65 bits per heavy atom. The summed E-state index contributed by atoms with van der Waals surface area (Å²) >= 11 is 1.81. The number of benzene rings is 2. The summed E-state index contributed by atoms with van der Waals surface area (Å²) in [5, 5.41) is 3.51. The molecule has 122 valence electrons. The molecule has 0 saturated carbocycles. The molecule has 0 spiro atoms. The van der Waals surface area contributed by atoms with Crippen LogP contribution in [0.2, 0.25) is 0 Å². The summed E-state index contributed by atoms with van der Waals surface area (Å²) in [6, 6.07) is 15.0. The van der Waals surface area contributed by atoms with Gasteiger partial charge in [-0.3, -0.25) is 0 Å². The summed E-state index contributed by atoms with van der Waals surface area (Å²) in [5.41, 5.74) is 8.99. The Hall–Kier alpha value is -1.53. The molecule has 0 aliphatic carbocycles. The van der Waals surface area contributed by atoms with E-state index in [1.54, 1.807) is 0 Å². The molecule has 3 N–H and O–H groups in total. The van der Waals surface area contributed by atoms with E-state index < -0.39 is 0 Å². The number of anilines is 2. The second-order valence-corrected chi connectivity index (χ2v) is 6.40. The lowest BCUT2D eigenvalue weighted by Crippen LogP contribution is -2.12. The second-order valence-electron chi connectivity index (χ2n) is 5.32. The quantitative estimate of drug-likeness (QED) is 0.620. The molecule has 0 fully saturated rings. The summed E-state index contributed by atoms with van der Waals surface area (Å²) in [6.07, 6.45) is 0.901. The molecule has 1 heterocycles. The highest BCUT2D eigenvalue weighted by atomic mass is 32.2. The van der Waals surface area contributed by atoms with Gasteiger partial charge in [0.2, 0.25) is 0 Å². The lowest BCUT2D eigenvalue weighted by atomic mass is 10.1. The van der Waals surface area contributed by atoms with Crippen LogP contribution in [0.5, 0.6) is 0 Å². The maximum atomic E-state index is 5.59. The van der Waals surface area contributed by atoms with Gasteiger partial charge in [-0.1, -0.05) is 30.0 Å². The fourth-order valence-corrected chi connectivity index (χ4v) is 3.41. The van der Waals surface area contributed by atoms with Crippen molar-refractivity contribution in [1.82, 2.24) is 0 Å². The van der Waals surface area contributed by atoms with E-state index in [0.29, 0.717) is 33.0 Å². The first-order valence-electron chi connectivity index (χ1n) is 7.89. The fraction of sp³-hybridized carbons (Fsp3) is 0.333. The number of hydrogen-bond donors (Lipinski definition) is 2. The lowest BCUT2D eigenvalue weighted by molar-refractivity contribution is 0.0519. The van der Waals surface area contributed by atoms with Crippen molar-refractivity contribution in [3.8, 4) is 0 Å². The van der Waals surface area contributed by atoms with Crippen LogP contribution in [-0.2, 0) is 15.9 Å². The van der Waals surface area contributed by atoms with Crippen molar-refractivity contribution in [2.24, 2.45) is 5.73 Å². The number of fused-ring (bicyclic) bond motifs is 2. The molecule has 0 aromatic heterocycles.